The Labute approximate surface area is 98.5 Å². The van der Waals surface area contributed by atoms with E-state index in [1.54, 1.807) is 6.33 Å². The first kappa shape index (κ1) is 9.39. The summed E-state index contributed by atoms with van der Waals surface area (Å²) in [6.45, 7) is 0.785. The van der Waals surface area contributed by atoms with E-state index >= 15 is 0 Å². The predicted octanol–water partition coefficient (Wildman–Crippen LogP) is 1.21. The Morgan fingerprint density at radius 3 is 2.94 bits per heavy atom. The summed E-state index contributed by atoms with van der Waals surface area (Å²) in [5.41, 5.74) is 2.61. The monoisotopic (exact) mass is 228 g/mol. The third-order valence-electron chi connectivity index (χ3n) is 3.69. The van der Waals surface area contributed by atoms with Crippen LogP contribution >= 0.6 is 0 Å². The topological polar surface area (TPSA) is 47.3 Å². The number of aromatic nitrogens is 2. The normalized spacial score (nSPS) is 23.9. The van der Waals surface area contributed by atoms with Crippen LogP contribution in [0.1, 0.15) is 11.6 Å². The minimum Gasteiger partial charge on any atom is -0.382 e. The minimum absolute atomic E-state index is 0.0649. The average Bonchev–Trinajstić information content (AvgIpc) is 2.85. The summed E-state index contributed by atoms with van der Waals surface area (Å²) in [5, 5.41) is 10.5. The molecule has 4 rings (SSSR count). The molecule has 2 aromatic rings. The average molecular weight is 228 g/mol. The highest BCUT2D eigenvalue weighted by atomic mass is 16.5. The van der Waals surface area contributed by atoms with Gasteiger partial charge in [0, 0.05) is 5.56 Å². The van der Waals surface area contributed by atoms with Crippen molar-refractivity contribution in [2.24, 2.45) is 0 Å². The summed E-state index contributed by atoms with van der Waals surface area (Å²) in [6.07, 6.45) is 3.64. The lowest BCUT2D eigenvalue weighted by molar-refractivity contribution is -0.194. The fourth-order valence-electron chi connectivity index (χ4n) is 2.85. The lowest BCUT2D eigenvalue weighted by Gasteiger charge is -2.42. The molecule has 2 aliphatic heterocycles. The van der Waals surface area contributed by atoms with Gasteiger partial charge in [-0.05, 0) is 5.56 Å². The molecule has 0 bridgehead atoms. The molecule has 1 atom stereocenters. The Bertz CT molecular complexity index is 587. The summed E-state index contributed by atoms with van der Waals surface area (Å²) in [5.74, 6) is 0. The first-order chi connectivity index (χ1) is 8.30. The second-order valence-electron chi connectivity index (χ2n) is 4.77. The van der Waals surface area contributed by atoms with E-state index in [1.807, 2.05) is 22.9 Å². The first-order valence-corrected chi connectivity index (χ1v) is 5.71. The molecule has 0 amide bonds. The van der Waals surface area contributed by atoms with Gasteiger partial charge >= 0.3 is 0 Å². The molecule has 3 heterocycles. The number of aliphatic hydroxyl groups is 1. The zero-order chi connectivity index (χ0) is 11.5. The number of imidazole rings is 1. The maximum atomic E-state index is 10.5. The smallest absolute Gasteiger partial charge is 0.136 e. The van der Waals surface area contributed by atoms with E-state index in [0.29, 0.717) is 13.2 Å². The van der Waals surface area contributed by atoms with E-state index in [2.05, 4.69) is 17.1 Å². The Morgan fingerprint density at radius 1 is 1.35 bits per heavy atom. The molecule has 4 heteroatoms. The number of hydrogen-bond donors (Lipinski definition) is 1. The molecule has 17 heavy (non-hydrogen) atoms. The van der Waals surface area contributed by atoms with Gasteiger partial charge in [0.25, 0.3) is 0 Å². The van der Waals surface area contributed by atoms with Gasteiger partial charge in [-0.25, -0.2) is 4.98 Å². The lowest BCUT2D eigenvalue weighted by atomic mass is 9.87. The summed E-state index contributed by atoms with van der Waals surface area (Å²) < 4.78 is 7.22. The van der Waals surface area contributed by atoms with E-state index in [-0.39, 0.29) is 6.04 Å². The third kappa shape index (κ3) is 1.06. The summed E-state index contributed by atoms with van der Waals surface area (Å²) in [6, 6.07) is 8.11. The number of rotatable bonds is 1. The van der Waals surface area contributed by atoms with Crippen molar-refractivity contribution in [2.75, 3.05) is 13.2 Å². The number of ether oxygens (including phenoxy) is 1. The SMILES string of the molecule is OC1([C@H]2c3ccccc3-c3cncn32)COC1. The molecule has 1 aromatic carbocycles. The zero-order valence-corrected chi connectivity index (χ0v) is 9.21. The molecule has 0 spiro atoms. The fourth-order valence-corrected chi connectivity index (χ4v) is 2.85. The minimum atomic E-state index is -0.790. The zero-order valence-electron chi connectivity index (χ0n) is 9.21. The van der Waals surface area contributed by atoms with Crippen LogP contribution in [0.25, 0.3) is 11.3 Å². The summed E-state index contributed by atoms with van der Waals surface area (Å²) in [4.78, 5) is 4.18. The van der Waals surface area contributed by atoms with Gasteiger partial charge in [0.1, 0.15) is 5.60 Å². The molecule has 0 unspecified atom stereocenters. The maximum Gasteiger partial charge on any atom is 0.136 e. The number of fused-ring (bicyclic) bond motifs is 3. The van der Waals surface area contributed by atoms with Gasteiger partial charge in [0.05, 0.1) is 37.5 Å². The Hall–Kier alpha value is -1.65. The Morgan fingerprint density at radius 2 is 2.18 bits per heavy atom. The van der Waals surface area contributed by atoms with Crippen molar-refractivity contribution in [3.05, 3.63) is 42.4 Å². The molecule has 86 valence electrons. The van der Waals surface area contributed by atoms with Crippen molar-refractivity contribution in [1.29, 1.82) is 0 Å². The molecule has 1 aromatic heterocycles. The Kier molecular flexibility index (Phi) is 1.64. The predicted molar refractivity (Wildman–Crippen MR) is 61.6 cm³/mol. The van der Waals surface area contributed by atoms with E-state index in [1.165, 1.54) is 0 Å². The molecular formula is C13H12N2O2. The van der Waals surface area contributed by atoms with Crippen LogP contribution in [0.15, 0.2) is 36.8 Å². The van der Waals surface area contributed by atoms with Crippen LogP contribution in [-0.4, -0.2) is 33.5 Å². The van der Waals surface area contributed by atoms with Crippen molar-refractivity contribution in [1.82, 2.24) is 9.55 Å². The van der Waals surface area contributed by atoms with E-state index in [4.69, 9.17) is 4.74 Å². The van der Waals surface area contributed by atoms with Crippen LogP contribution in [0, 0.1) is 0 Å². The number of hydrogen-bond acceptors (Lipinski definition) is 3. The summed E-state index contributed by atoms with van der Waals surface area (Å²) in [7, 11) is 0. The van der Waals surface area contributed by atoms with Gasteiger partial charge in [0.2, 0.25) is 0 Å². The fraction of sp³-hybridized carbons (Fsp3) is 0.308. The molecule has 0 aliphatic carbocycles. The van der Waals surface area contributed by atoms with Crippen LogP contribution in [0.4, 0.5) is 0 Å². The number of benzene rings is 1. The second-order valence-corrected chi connectivity index (χ2v) is 4.77. The highest BCUT2D eigenvalue weighted by molar-refractivity contribution is 5.69. The van der Waals surface area contributed by atoms with E-state index < -0.39 is 5.60 Å². The van der Waals surface area contributed by atoms with Gasteiger partial charge in [-0.3, -0.25) is 0 Å². The van der Waals surface area contributed by atoms with Gasteiger partial charge in [-0.2, -0.15) is 0 Å². The lowest BCUT2D eigenvalue weighted by Crippen LogP contribution is -2.55. The molecular weight excluding hydrogens is 216 g/mol. The van der Waals surface area contributed by atoms with Crippen LogP contribution < -0.4 is 0 Å². The van der Waals surface area contributed by atoms with Crippen LogP contribution in [0.3, 0.4) is 0 Å². The quantitative estimate of drug-likeness (QED) is 0.798. The molecule has 4 nitrogen and oxygen atoms in total. The van der Waals surface area contributed by atoms with Gasteiger partial charge in [-0.15, -0.1) is 0 Å². The highest BCUT2D eigenvalue weighted by Crippen LogP contribution is 2.46. The van der Waals surface area contributed by atoms with Crippen LogP contribution in [-0.2, 0) is 4.74 Å². The van der Waals surface area contributed by atoms with E-state index in [9.17, 15) is 5.11 Å². The Balaban J connectivity index is 1.96. The molecule has 1 fully saturated rings. The van der Waals surface area contributed by atoms with Crippen molar-refractivity contribution >= 4 is 0 Å². The molecule has 0 radical (unpaired) electrons. The summed E-state index contributed by atoms with van der Waals surface area (Å²) >= 11 is 0. The molecule has 1 N–H and O–H groups in total. The number of nitrogens with zero attached hydrogens (tertiary/aromatic N) is 2. The van der Waals surface area contributed by atoms with Gasteiger partial charge in [-0.1, -0.05) is 24.3 Å². The van der Waals surface area contributed by atoms with Crippen molar-refractivity contribution in [2.45, 2.75) is 11.6 Å². The van der Waals surface area contributed by atoms with Gasteiger partial charge < -0.3 is 14.4 Å². The molecule has 0 saturated carbocycles. The molecule has 1 saturated heterocycles. The highest BCUT2D eigenvalue weighted by Gasteiger charge is 2.49. The van der Waals surface area contributed by atoms with E-state index in [0.717, 1.165) is 16.8 Å². The third-order valence-corrected chi connectivity index (χ3v) is 3.69. The first-order valence-electron chi connectivity index (χ1n) is 5.71. The standard InChI is InChI=1S/C13H12N2O2/c16-13(6-17-7-13)12-10-4-2-1-3-9(10)11-5-14-8-15(11)12/h1-5,8,12,16H,6-7H2/t12-/m1/s1. The second kappa shape index (κ2) is 2.97. The largest absolute Gasteiger partial charge is 0.382 e. The van der Waals surface area contributed by atoms with Crippen LogP contribution in [0.2, 0.25) is 0 Å². The van der Waals surface area contributed by atoms with Crippen molar-refractivity contribution in [3.63, 3.8) is 0 Å². The van der Waals surface area contributed by atoms with Crippen molar-refractivity contribution < 1.29 is 9.84 Å². The van der Waals surface area contributed by atoms with Crippen molar-refractivity contribution in [3.8, 4) is 11.3 Å². The maximum absolute atomic E-state index is 10.5. The molecule has 2 aliphatic rings. The van der Waals surface area contributed by atoms with Crippen LogP contribution in [0.5, 0.6) is 0 Å². The van der Waals surface area contributed by atoms with Gasteiger partial charge in [0.15, 0.2) is 0 Å².